The Kier molecular flexibility index (Phi) is 67.1. The highest BCUT2D eigenvalue weighted by molar-refractivity contribution is 5.73. The van der Waals surface area contributed by atoms with Crippen LogP contribution in [0.25, 0.3) is 0 Å². The predicted molar refractivity (Wildman–Crippen MR) is 74.7 cm³/mol. The third-order valence-corrected chi connectivity index (χ3v) is 1.62. The molecule has 0 unspecified atom stereocenters. The van der Waals surface area contributed by atoms with Gasteiger partial charge in [-0.3, -0.25) is 4.79 Å². The highest BCUT2D eigenvalue weighted by atomic mass is 16.4. The molecule has 0 spiro atoms. The van der Waals surface area contributed by atoms with Crippen molar-refractivity contribution in [2.24, 2.45) is 5.73 Å². The predicted octanol–water partition coefficient (Wildman–Crippen LogP) is -5.96. The molecule has 11 nitrogen and oxygen atoms in total. The summed E-state index contributed by atoms with van der Waals surface area (Å²) in [4.78, 5) is 10.4. The van der Waals surface area contributed by atoms with E-state index in [4.69, 9.17) is 10.8 Å². The second-order valence-electron chi connectivity index (χ2n) is 2.63. The summed E-state index contributed by atoms with van der Waals surface area (Å²) in [5.41, 5.74) is 6.30. The van der Waals surface area contributed by atoms with Crippen molar-refractivity contribution in [3.63, 3.8) is 0 Å². The van der Waals surface area contributed by atoms with Gasteiger partial charge >= 0.3 is 5.97 Å². The highest BCUT2D eigenvalue weighted by Crippen LogP contribution is 2.01. The summed E-state index contributed by atoms with van der Waals surface area (Å²) in [6.45, 7) is 0. The van der Waals surface area contributed by atoms with Gasteiger partial charge in [0.25, 0.3) is 0 Å². The smallest absolute Gasteiger partial charge is 0.320 e. The third-order valence-electron chi connectivity index (χ3n) is 1.62. The summed E-state index contributed by atoms with van der Waals surface area (Å²) >= 11 is 0. The minimum atomic E-state index is -0.959. The molecular formula is C9H27NO10. The number of hydrogen-bond acceptors (Lipinski definition) is 2. The minimum absolute atomic E-state index is 0. The normalized spacial score (nSPS) is 7.45. The molecule has 1 aromatic carbocycles. The summed E-state index contributed by atoms with van der Waals surface area (Å²) in [6, 6.07) is 8.54. The molecule has 0 saturated heterocycles. The molecule has 19 N–H and O–H groups in total. The molecule has 20 heavy (non-hydrogen) atoms. The zero-order valence-electron chi connectivity index (χ0n) is 10.6. The van der Waals surface area contributed by atoms with Crippen LogP contribution in [0.2, 0.25) is 0 Å². The van der Waals surface area contributed by atoms with E-state index in [2.05, 4.69) is 0 Å². The van der Waals surface area contributed by atoms with Crippen molar-refractivity contribution >= 4 is 5.97 Å². The maximum absolute atomic E-state index is 10.4. The van der Waals surface area contributed by atoms with E-state index in [9.17, 15) is 4.79 Å². The lowest BCUT2D eigenvalue weighted by atomic mass is 10.1. The van der Waals surface area contributed by atoms with Gasteiger partial charge in [0.1, 0.15) is 6.04 Å². The average Bonchev–Trinajstić information content (AvgIpc) is 2.06. The average molecular weight is 309 g/mol. The van der Waals surface area contributed by atoms with E-state index in [0.717, 1.165) is 5.56 Å². The Morgan fingerprint density at radius 2 is 1.25 bits per heavy atom. The Morgan fingerprint density at radius 3 is 1.55 bits per heavy atom. The molecule has 128 valence electrons. The van der Waals surface area contributed by atoms with Gasteiger partial charge in [0, 0.05) is 0 Å². The van der Waals surface area contributed by atoms with E-state index < -0.39 is 12.0 Å². The van der Waals surface area contributed by atoms with Gasteiger partial charge in [-0.15, -0.1) is 0 Å². The van der Waals surface area contributed by atoms with Crippen molar-refractivity contribution in [1.29, 1.82) is 0 Å². The van der Waals surface area contributed by atoms with Crippen molar-refractivity contribution in [2.75, 3.05) is 0 Å². The largest absolute Gasteiger partial charge is 0.480 e. The molecule has 0 aliphatic rings. The molecule has 0 aliphatic carbocycles. The number of carbonyl (C=O) groups is 1. The molecule has 1 rings (SSSR count). The fourth-order valence-corrected chi connectivity index (χ4v) is 0.955. The van der Waals surface area contributed by atoms with Gasteiger partial charge in [0.2, 0.25) is 0 Å². The fourth-order valence-electron chi connectivity index (χ4n) is 0.955. The van der Waals surface area contributed by atoms with Gasteiger partial charge in [-0.25, -0.2) is 0 Å². The van der Waals surface area contributed by atoms with Crippen LogP contribution in [0.3, 0.4) is 0 Å². The molecule has 0 aliphatic heterocycles. The van der Waals surface area contributed by atoms with E-state index in [-0.39, 0.29) is 43.8 Å². The van der Waals surface area contributed by atoms with Crippen LogP contribution >= 0.6 is 0 Å². The fraction of sp³-hybridized carbons (Fsp3) is 0.222. The number of nitrogens with two attached hydrogens (primary N) is 1. The molecular weight excluding hydrogens is 282 g/mol. The summed E-state index contributed by atoms with van der Waals surface area (Å²) in [7, 11) is 0. The maximum atomic E-state index is 10.4. The maximum Gasteiger partial charge on any atom is 0.320 e. The van der Waals surface area contributed by atoms with Crippen LogP contribution in [0.1, 0.15) is 5.56 Å². The first-order chi connectivity index (χ1) is 5.70. The number of hydrogen-bond donors (Lipinski definition) is 2. The standard InChI is InChI=1S/C9H11NO2.8H2O/c10-8(9(11)12)6-7-4-2-1-3-5-7;;;;;;;;/h1-5,8H,6,10H2,(H,11,12);8*1H2/t8-;;;;;;;;/m0......../s1. The molecule has 0 bridgehead atoms. The second kappa shape index (κ2) is 26.0. The molecule has 1 atom stereocenters. The zero-order valence-corrected chi connectivity index (χ0v) is 10.6. The van der Waals surface area contributed by atoms with E-state index >= 15 is 0 Å². The number of rotatable bonds is 3. The van der Waals surface area contributed by atoms with Gasteiger partial charge in [0.05, 0.1) is 0 Å². The zero-order chi connectivity index (χ0) is 8.97. The lowest BCUT2D eigenvalue weighted by molar-refractivity contribution is -0.138. The number of carboxylic acids is 1. The first kappa shape index (κ1) is 51.6. The van der Waals surface area contributed by atoms with Gasteiger partial charge in [-0.1, -0.05) is 30.3 Å². The van der Waals surface area contributed by atoms with E-state index in [1.165, 1.54) is 0 Å². The van der Waals surface area contributed by atoms with Crippen LogP contribution in [-0.4, -0.2) is 60.9 Å². The molecule has 0 heterocycles. The minimum Gasteiger partial charge on any atom is -0.480 e. The SMILES string of the molecule is N[C@@H](Cc1ccccc1)C(=O)O.O.O.O.O.O.O.O.O. The summed E-state index contributed by atoms with van der Waals surface area (Å²) in [6.07, 6.45) is 0.385. The van der Waals surface area contributed by atoms with Crippen LogP contribution in [0.5, 0.6) is 0 Å². The summed E-state index contributed by atoms with van der Waals surface area (Å²) in [5.74, 6) is -0.959. The van der Waals surface area contributed by atoms with Gasteiger partial charge in [-0.2, -0.15) is 0 Å². The van der Waals surface area contributed by atoms with E-state index in [1.54, 1.807) is 0 Å². The molecule has 11 heteroatoms. The van der Waals surface area contributed by atoms with Gasteiger partial charge < -0.3 is 54.6 Å². The van der Waals surface area contributed by atoms with Gasteiger partial charge in [-0.05, 0) is 12.0 Å². The molecule has 0 fully saturated rings. The molecule has 0 aromatic heterocycles. The third kappa shape index (κ3) is 18.7. The quantitative estimate of drug-likeness (QED) is 0.550. The Morgan fingerprint density at radius 1 is 0.900 bits per heavy atom. The van der Waals surface area contributed by atoms with E-state index in [1.807, 2.05) is 30.3 Å². The monoisotopic (exact) mass is 309 g/mol. The van der Waals surface area contributed by atoms with Crippen molar-refractivity contribution < 1.29 is 53.7 Å². The van der Waals surface area contributed by atoms with Crippen LogP contribution in [0, 0.1) is 0 Å². The van der Waals surface area contributed by atoms with E-state index in [0.29, 0.717) is 6.42 Å². The number of benzene rings is 1. The molecule has 1 aromatic rings. The lowest BCUT2D eigenvalue weighted by Crippen LogP contribution is -2.32. The lowest BCUT2D eigenvalue weighted by Gasteiger charge is -2.04. The Labute approximate surface area is 115 Å². The van der Waals surface area contributed by atoms with Crippen molar-refractivity contribution in [2.45, 2.75) is 12.5 Å². The van der Waals surface area contributed by atoms with Crippen LogP contribution in [-0.2, 0) is 11.2 Å². The summed E-state index contributed by atoms with van der Waals surface area (Å²) < 4.78 is 0. The summed E-state index contributed by atoms with van der Waals surface area (Å²) in [5, 5.41) is 8.52. The van der Waals surface area contributed by atoms with Crippen LogP contribution < -0.4 is 5.73 Å². The number of aliphatic carboxylic acids is 1. The Balaban J connectivity index is -0.0000000300. The number of carboxylic acid groups (broad SMARTS) is 1. The highest BCUT2D eigenvalue weighted by Gasteiger charge is 2.10. The Bertz CT molecular complexity index is 271. The first-order valence-corrected chi connectivity index (χ1v) is 3.72. The second-order valence-corrected chi connectivity index (χ2v) is 2.63. The van der Waals surface area contributed by atoms with Crippen molar-refractivity contribution in [1.82, 2.24) is 0 Å². The Hall–Kier alpha value is -1.67. The van der Waals surface area contributed by atoms with Crippen molar-refractivity contribution in [3.05, 3.63) is 35.9 Å². The van der Waals surface area contributed by atoms with Crippen LogP contribution in [0.15, 0.2) is 30.3 Å². The van der Waals surface area contributed by atoms with Crippen molar-refractivity contribution in [3.8, 4) is 0 Å². The van der Waals surface area contributed by atoms with Crippen LogP contribution in [0.4, 0.5) is 0 Å². The topological polar surface area (TPSA) is 315 Å². The first-order valence-electron chi connectivity index (χ1n) is 3.72. The van der Waals surface area contributed by atoms with Gasteiger partial charge in [0.15, 0.2) is 0 Å². The molecule has 0 amide bonds. The molecule has 0 saturated carbocycles. The molecule has 0 radical (unpaired) electrons.